The van der Waals surface area contributed by atoms with Crippen LogP contribution in [0.4, 0.5) is 15.8 Å². The summed E-state index contributed by atoms with van der Waals surface area (Å²) in [6.07, 6.45) is 1.41. The van der Waals surface area contributed by atoms with E-state index >= 15 is 0 Å². The van der Waals surface area contributed by atoms with E-state index in [1.165, 1.54) is 24.4 Å². The standard InChI is InChI=1S/C17H12FN3O3/c18-13-7-5-12(6-8-13)17-10-9-14(24-17)11-19-20-15-3-1-2-4-16(15)21(22)23/h1-11,20H. The third kappa shape index (κ3) is 3.46. The van der Waals surface area contributed by atoms with Crippen molar-refractivity contribution in [2.45, 2.75) is 0 Å². The van der Waals surface area contributed by atoms with Crippen molar-refractivity contribution in [3.8, 4) is 11.3 Å². The maximum atomic E-state index is 12.9. The molecule has 0 spiro atoms. The van der Waals surface area contributed by atoms with Crippen molar-refractivity contribution in [1.82, 2.24) is 0 Å². The van der Waals surface area contributed by atoms with Crippen molar-refractivity contribution in [2.75, 3.05) is 5.43 Å². The monoisotopic (exact) mass is 325 g/mol. The predicted molar refractivity (Wildman–Crippen MR) is 88.4 cm³/mol. The molecule has 0 saturated heterocycles. The van der Waals surface area contributed by atoms with Crippen molar-refractivity contribution < 1.29 is 13.7 Å². The largest absolute Gasteiger partial charge is 0.455 e. The molecule has 24 heavy (non-hydrogen) atoms. The van der Waals surface area contributed by atoms with Crippen LogP contribution in [0.25, 0.3) is 11.3 Å². The summed E-state index contributed by atoms with van der Waals surface area (Å²) >= 11 is 0. The van der Waals surface area contributed by atoms with Crippen LogP contribution in [0.1, 0.15) is 5.76 Å². The summed E-state index contributed by atoms with van der Waals surface area (Å²) in [5.74, 6) is 0.711. The fourth-order valence-electron chi connectivity index (χ4n) is 2.08. The van der Waals surface area contributed by atoms with Crippen molar-refractivity contribution in [3.05, 3.63) is 82.4 Å². The number of para-hydroxylation sites is 2. The highest BCUT2D eigenvalue weighted by Crippen LogP contribution is 2.24. The molecule has 1 heterocycles. The number of nitrogens with one attached hydrogen (secondary N) is 1. The molecule has 0 radical (unpaired) electrons. The zero-order chi connectivity index (χ0) is 16.9. The van der Waals surface area contributed by atoms with Gasteiger partial charge in [0, 0.05) is 11.6 Å². The first-order valence-electron chi connectivity index (χ1n) is 7.02. The topological polar surface area (TPSA) is 80.7 Å². The van der Waals surface area contributed by atoms with E-state index < -0.39 is 4.92 Å². The van der Waals surface area contributed by atoms with Crippen LogP contribution in [0.3, 0.4) is 0 Å². The van der Waals surface area contributed by atoms with Crippen LogP contribution < -0.4 is 5.43 Å². The van der Waals surface area contributed by atoms with E-state index in [0.29, 0.717) is 11.5 Å². The highest BCUT2D eigenvalue weighted by atomic mass is 19.1. The second-order valence-electron chi connectivity index (χ2n) is 4.85. The minimum atomic E-state index is -0.489. The third-order valence-electron chi connectivity index (χ3n) is 3.23. The lowest BCUT2D eigenvalue weighted by atomic mass is 10.2. The second-order valence-corrected chi connectivity index (χ2v) is 4.85. The number of furan rings is 1. The van der Waals surface area contributed by atoms with Gasteiger partial charge in [0.15, 0.2) is 0 Å². The molecule has 0 aliphatic carbocycles. The van der Waals surface area contributed by atoms with E-state index in [1.807, 2.05) is 0 Å². The van der Waals surface area contributed by atoms with Crippen molar-refractivity contribution in [3.63, 3.8) is 0 Å². The van der Waals surface area contributed by atoms with Crippen molar-refractivity contribution >= 4 is 17.6 Å². The molecule has 7 heteroatoms. The van der Waals surface area contributed by atoms with Crippen LogP contribution >= 0.6 is 0 Å². The summed E-state index contributed by atoms with van der Waals surface area (Å²) in [7, 11) is 0. The van der Waals surface area contributed by atoms with Crippen LogP contribution in [0.5, 0.6) is 0 Å². The van der Waals surface area contributed by atoms with Crippen LogP contribution in [0.15, 0.2) is 70.2 Å². The van der Waals surface area contributed by atoms with Gasteiger partial charge in [-0.1, -0.05) is 12.1 Å². The Morgan fingerprint density at radius 3 is 2.58 bits per heavy atom. The van der Waals surface area contributed by atoms with Gasteiger partial charge in [0.1, 0.15) is 23.0 Å². The molecule has 2 aromatic carbocycles. The normalized spacial score (nSPS) is 10.9. The van der Waals surface area contributed by atoms with E-state index in [9.17, 15) is 14.5 Å². The van der Waals surface area contributed by atoms with E-state index in [0.717, 1.165) is 5.56 Å². The predicted octanol–water partition coefficient (Wildman–Crippen LogP) is 4.44. The number of hydrogen-bond acceptors (Lipinski definition) is 5. The van der Waals surface area contributed by atoms with Crippen LogP contribution in [-0.2, 0) is 0 Å². The molecule has 3 aromatic rings. The number of nitrogens with zero attached hydrogens (tertiary/aromatic N) is 2. The molecular weight excluding hydrogens is 313 g/mol. The smallest absolute Gasteiger partial charge is 0.294 e. The van der Waals surface area contributed by atoms with Crippen LogP contribution in [0.2, 0.25) is 0 Å². The summed E-state index contributed by atoms with van der Waals surface area (Å²) in [6, 6.07) is 15.5. The molecule has 0 saturated carbocycles. The molecule has 0 atom stereocenters. The number of anilines is 1. The Labute approximate surface area is 136 Å². The van der Waals surface area contributed by atoms with Gasteiger partial charge in [0.05, 0.1) is 11.1 Å². The number of nitro groups is 1. The first-order valence-corrected chi connectivity index (χ1v) is 7.02. The number of nitro benzene ring substituents is 1. The van der Waals surface area contributed by atoms with E-state index in [-0.39, 0.29) is 17.2 Å². The maximum Gasteiger partial charge on any atom is 0.294 e. The number of hydrazone groups is 1. The zero-order valence-electron chi connectivity index (χ0n) is 12.3. The number of halogens is 1. The van der Waals surface area contributed by atoms with Crippen LogP contribution in [-0.4, -0.2) is 11.1 Å². The quantitative estimate of drug-likeness (QED) is 0.427. The molecule has 1 aromatic heterocycles. The van der Waals surface area contributed by atoms with E-state index in [1.54, 1.807) is 42.5 Å². The number of rotatable bonds is 5. The lowest BCUT2D eigenvalue weighted by Crippen LogP contribution is -1.96. The Hall–Kier alpha value is -3.48. The molecule has 6 nitrogen and oxygen atoms in total. The van der Waals surface area contributed by atoms with Crippen molar-refractivity contribution in [1.29, 1.82) is 0 Å². The van der Waals surface area contributed by atoms with Gasteiger partial charge < -0.3 is 4.42 Å². The number of benzene rings is 2. The van der Waals surface area contributed by atoms with Gasteiger partial charge in [0.2, 0.25) is 0 Å². The molecule has 0 aliphatic rings. The fraction of sp³-hybridized carbons (Fsp3) is 0. The van der Waals surface area contributed by atoms with Crippen LogP contribution in [0, 0.1) is 15.9 Å². The van der Waals surface area contributed by atoms with Gasteiger partial charge in [-0.3, -0.25) is 15.5 Å². The molecule has 3 rings (SSSR count). The Bertz CT molecular complexity index is 888. The molecule has 0 aliphatic heterocycles. The Kier molecular flexibility index (Phi) is 4.33. The van der Waals surface area contributed by atoms with Gasteiger partial charge >= 0.3 is 0 Å². The molecule has 0 unspecified atom stereocenters. The Balaban J connectivity index is 1.72. The summed E-state index contributed by atoms with van der Waals surface area (Å²) in [4.78, 5) is 10.4. The second kappa shape index (κ2) is 6.74. The molecule has 0 bridgehead atoms. The average molecular weight is 325 g/mol. The maximum absolute atomic E-state index is 12.9. The summed E-state index contributed by atoms with van der Waals surface area (Å²) in [5, 5.41) is 14.9. The average Bonchev–Trinajstić information content (AvgIpc) is 3.05. The molecule has 0 amide bonds. The highest BCUT2D eigenvalue weighted by Gasteiger charge is 2.11. The lowest BCUT2D eigenvalue weighted by Gasteiger charge is -2.00. The third-order valence-corrected chi connectivity index (χ3v) is 3.23. The minimum absolute atomic E-state index is 0.0684. The summed E-state index contributed by atoms with van der Waals surface area (Å²) in [6.45, 7) is 0. The van der Waals surface area contributed by atoms with Gasteiger partial charge in [-0.05, 0) is 42.5 Å². The Morgan fingerprint density at radius 2 is 1.83 bits per heavy atom. The molecular formula is C17H12FN3O3. The fourth-order valence-corrected chi connectivity index (χ4v) is 2.08. The SMILES string of the molecule is O=[N+]([O-])c1ccccc1NN=Cc1ccc(-c2ccc(F)cc2)o1. The van der Waals surface area contributed by atoms with Gasteiger partial charge in [-0.25, -0.2) is 4.39 Å². The summed E-state index contributed by atoms with van der Waals surface area (Å²) < 4.78 is 18.5. The first-order chi connectivity index (χ1) is 11.6. The number of hydrogen-bond donors (Lipinski definition) is 1. The van der Waals surface area contributed by atoms with Gasteiger partial charge in [0.25, 0.3) is 5.69 Å². The highest BCUT2D eigenvalue weighted by molar-refractivity contribution is 5.78. The molecule has 1 N–H and O–H groups in total. The lowest BCUT2D eigenvalue weighted by molar-refractivity contribution is -0.384. The molecule has 0 fully saturated rings. The van der Waals surface area contributed by atoms with Gasteiger partial charge in [-0.2, -0.15) is 5.10 Å². The Morgan fingerprint density at radius 1 is 1.08 bits per heavy atom. The van der Waals surface area contributed by atoms with E-state index in [4.69, 9.17) is 4.42 Å². The molecule has 120 valence electrons. The minimum Gasteiger partial charge on any atom is -0.455 e. The first kappa shape index (κ1) is 15.4. The summed E-state index contributed by atoms with van der Waals surface area (Å²) in [5.41, 5.74) is 3.57. The van der Waals surface area contributed by atoms with E-state index in [2.05, 4.69) is 10.5 Å². The van der Waals surface area contributed by atoms with Crippen molar-refractivity contribution in [2.24, 2.45) is 5.10 Å². The zero-order valence-corrected chi connectivity index (χ0v) is 12.3. The van der Waals surface area contributed by atoms with Gasteiger partial charge in [-0.15, -0.1) is 0 Å².